The Bertz CT molecular complexity index is 1300. The molecular weight excluding hydrogens is 565 g/mol. The van der Waals surface area contributed by atoms with Crippen LogP contribution in [0.4, 0.5) is 4.79 Å². The highest BCUT2D eigenvalue weighted by atomic mass is 127. The number of hydrogen-bond acceptors (Lipinski definition) is 6. The van der Waals surface area contributed by atoms with Crippen LogP contribution in [0.15, 0.2) is 65.6 Å². The molecule has 0 spiro atoms. The molecule has 1 aliphatic heterocycles. The van der Waals surface area contributed by atoms with Crippen LogP contribution in [0.2, 0.25) is 0 Å². The number of amides is 2. The molecule has 1 heterocycles. The highest BCUT2D eigenvalue weighted by molar-refractivity contribution is 14.1. The van der Waals surface area contributed by atoms with Crippen molar-refractivity contribution in [3.63, 3.8) is 0 Å². The van der Waals surface area contributed by atoms with Crippen molar-refractivity contribution in [3.05, 3.63) is 80.3 Å². The number of fused-ring (bicyclic) bond motifs is 1. The molecule has 0 aliphatic carbocycles. The fourth-order valence-electron chi connectivity index (χ4n) is 3.51. The molecule has 3 aromatic carbocycles. The first-order valence-electron chi connectivity index (χ1n) is 10.7. The molecule has 2 amide bonds. The van der Waals surface area contributed by atoms with Gasteiger partial charge in [-0.3, -0.25) is 19.3 Å². The van der Waals surface area contributed by atoms with Gasteiger partial charge in [0.05, 0.1) is 14.6 Å². The van der Waals surface area contributed by atoms with Gasteiger partial charge >= 0.3 is 5.97 Å². The fourth-order valence-corrected chi connectivity index (χ4v) is 5.05. The van der Waals surface area contributed by atoms with Crippen LogP contribution in [0, 0.1) is 3.57 Å². The molecule has 1 saturated heterocycles. The number of hydrogen-bond donors (Lipinski definition) is 0. The van der Waals surface area contributed by atoms with Gasteiger partial charge in [0.25, 0.3) is 11.1 Å². The first-order valence-corrected chi connectivity index (χ1v) is 12.5. The molecule has 0 aromatic heterocycles. The molecule has 0 atom stereocenters. The molecule has 0 bridgehead atoms. The van der Waals surface area contributed by atoms with E-state index in [0.29, 0.717) is 6.61 Å². The summed E-state index contributed by atoms with van der Waals surface area (Å²) in [6.45, 7) is 3.46. The molecule has 34 heavy (non-hydrogen) atoms. The van der Waals surface area contributed by atoms with Crippen LogP contribution in [0.1, 0.15) is 25.0 Å². The molecule has 1 aliphatic rings. The molecule has 4 rings (SSSR count). The van der Waals surface area contributed by atoms with Crippen LogP contribution in [-0.4, -0.2) is 34.7 Å². The van der Waals surface area contributed by atoms with Gasteiger partial charge in [0, 0.05) is 0 Å². The highest BCUT2D eigenvalue weighted by Crippen LogP contribution is 2.33. The zero-order chi connectivity index (χ0) is 24.2. The van der Waals surface area contributed by atoms with Gasteiger partial charge in [-0.05, 0) is 88.3 Å². The maximum Gasteiger partial charge on any atom is 0.326 e. The van der Waals surface area contributed by atoms with E-state index in [1.807, 2.05) is 36.4 Å². The molecule has 8 heteroatoms. The normalized spacial score (nSPS) is 14.9. The second-order valence-electron chi connectivity index (χ2n) is 7.92. The molecule has 6 nitrogen and oxygen atoms in total. The van der Waals surface area contributed by atoms with E-state index in [-0.39, 0.29) is 11.0 Å². The van der Waals surface area contributed by atoms with Crippen molar-refractivity contribution in [3.8, 4) is 5.75 Å². The Morgan fingerprint density at radius 3 is 2.62 bits per heavy atom. The van der Waals surface area contributed by atoms with Crippen LogP contribution in [0.25, 0.3) is 16.8 Å². The van der Waals surface area contributed by atoms with E-state index < -0.39 is 23.7 Å². The van der Waals surface area contributed by atoms with Crippen LogP contribution in [0.5, 0.6) is 5.75 Å². The van der Waals surface area contributed by atoms with Crippen molar-refractivity contribution in [2.75, 3.05) is 6.54 Å². The standard InChI is InChI=1S/C26H22INO5S/c1-16(2)33-24(29)14-28-25(30)23(34-26(28)31)13-17-10-11-22(21(27)12-17)32-15-19-8-5-7-18-6-3-4-9-20(18)19/h3-13,16H,14-15H2,1-2H3/b23-13+. The Morgan fingerprint density at radius 2 is 1.85 bits per heavy atom. The fraction of sp³-hybridized carbons (Fsp3) is 0.192. The molecule has 0 N–H and O–H groups in total. The van der Waals surface area contributed by atoms with E-state index in [9.17, 15) is 14.4 Å². The lowest BCUT2D eigenvalue weighted by atomic mass is 10.1. The zero-order valence-corrected chi connectivity index (χ0v) is 21.6. The van der Waals surface area contributed by atoms with Crippen molar-refractivity contribution in [1.82, 2.24) is 4.90 Å². The van der Waals surface area contributed by atoms with Gasteiger partial charge < -0.3 is 9.47 Å². The summed E-state index contributed by atoms with van der Waals surface area (Å²) in [6.07, 6.45) is 1.33. The topological polar surface area (TPSA) is 72.9 Å². The van der Waals surface area contributed by atoms with Crippen molar-refractivity contribution in [2.45, 2.75) is 26.6 Å². The Labute approximate surface area is 215 Å². The summed E-state index contributed by atoms with van der Waals surface area (Å²) in [5.41, 5.74) is 1.86. The number of imide groups is 1. The average molecular weight is 587 g/mol. The summed E-state index contributed by atoms with van der Waals surface area (Å²) >= 11 is 3.00. The largest absolute Gasteiger partial charge is 0.488 e. The minimum atomic E-state index is -0.610. The number of thioether (sulfide) groups is 1. The minimum Gasteiger partial charge on any atom is -0.488 e. The van der Waals surface area contributed by atoms with E-state index in [4.69, 9.17) is 9.47 Å². The van der Waals surface area contributed by atoms with Gasteiger partial charge in [-0.25, -0.2) is 0 Å². The predicted octanol–water partition coefficient (Wildman–Crippen LogP) is 6.01. The molecule has 0 radical (unpaired) electrons. The summed E-state index contributed by atoms with van der Waals surface area (Å²) < 4.78 is 12.0. The zero-order valence-electron chi connectivity index (χ0n) is 18.6. The lowest BCUT2D eigenvalue weighted by Gasteiger charge is -2.13. The molecule has 174 valence electrons. The summed E-state index contributed by atoms with van der Waals surface area (Å²) in [4.78, 5) is 37.9. The second kappa shape index (κ2) is 10.6. The SMILES string of the molecule is CC(C)OC(=O)CN1C(=O)S/C(=C/c2ccc(OCc3cccc4ccccc34)c(I)c2)C1=O. The molecular formula is C26H22INO5S. The number of halogens is 1. The van der Waals surface area contributed by atoms with Crippen LogP contribution in [-0.2, 0) is 20.9 Å². The number of carbonyl (C=O) groups is 3. The second-order valence-corrected chi connectivity index (χ2v) is 10.1. The molecule has 0 unspecified atom stereocenters. The van der Waals surface area contributed by atoms with Crippen LogP contribution >= 0.6 is 34.4 Å². The van der Waals surface area contributed by atoms with Crippen molar-refractivity contribution >= 4 is 68.3 Å². The first kappa shape index (κ1) is 24.3. The number of esters is 1. The monoisotopic (exact) mass is 587 g/mol. The smallest absolute Gasteiger partial charge is 0.326 e. The third kappa shape index (κ3) is 5.61. The number of ether oxygens (including phenoxy) is 2. The van der Waals surface area contributed by atoms with Crippen LogP contribution in [0.3, 0.4) is 0 Å². The molecule has 3 aromatic rings. The Morgan fingerprint density at radius 1 is 1.09 bits per heavy atom. The number of rotatable bonds is 7. The van der Waals surface area contributed by atoms with Gasteiger partial charge in [-0.2, -0.15) is 0 Å². The van der Waals surface area contributed by atoms with E-state index in [0.717, 1.165) is 42.5 Å². The third-order valence-corrected chi connectivity index (χ3v) is 6.80. The van der Waals surface area contributed by atoms with Gasteiger partial charge in [-0.1, -0.05) is 48.5 Å². The van der Waals surface area contributed by atoms with Gasteiger partial charge in [0.15, 0.2) is 0 Å². The van der Waals surface area contributed by atoms with E-state index in [1.165, 1.54) is 5.39 Å². The summed E-state index contributed by atoms with van der Waals surface area (Å²) in [6, 6.07) is 19.9. The third-order valence-electron chi connectivity index (χ3n) is 5.04. The van der Waals surface area contributed by atoms with Crippen molar-refractivity contribution < 1.29 is 23.9 Å². The Balaban J connectivity index is 1.45. The predicted molar refractivity (Wildman–Crippen MR) is 141 cm³/mol. The van der Waals surface area contributed by atoms with Gasteiger partial charge in [0.1, 0.15) is 18.9 Å². The quantitative estimate of drug-likeness (QED) is 0.192. The molecule has 0 saturated carbocycles. The highest BCUT2D eigenvalue weighted by Gasteiger charge is 2.36. The van der Waals surface area contributed by atoms with E-state index in [2.05, 4.69) is 46.9 Å². The van der Waals surface area contributed by atoms with Crippen molar-refractivity contribution in [2.24, 2.45) is 0 Å². The van der Waals surface area contributed by atoms with Gasteiger partial charge in [0.2, 0.25) is 0 Å². The maximum absolute atomic E-state index is 12.6. The lowest BCUT2D eigenvalue weighted by molar-refractivity contribution is -0.149. The first-order chi connectivity index (χ1) is 16.3. The lowest BCUT2D eigenvalue weighted by Crippen LogP contribution is -2.35. The van der Waals surface area contributed by atoms with E-state index >= 15 is 0 Å². The summed E-state index contributed by atoms with van der Waals surface area (Å²) in [5.74, 6) is -0.377. The summed E-state index contributed by atoms with van der Waals surface area (Å²) in [5, 5.41) is 1.84. The number of nitrogens with zero attached hydrogens (tertiary/aromatic N) is 1. The van der Waals surface area contributed by atoms with Crippen LogP contribution < -0.4 is 4.74 Å². The number of carbonyl (C=O) groups excluding carboxylic acids is 3. The van der Waals surface area contributed by atoms with Crippen molar-refractivity contribution in [1.29, 1.82) is 0 Å². The Hall–Kier alpha value is -2.85. The average Bonchev–Trinajstić information content (AvgIpc) is 3.05. The maximum atomic E-state index is 12.6. The number of benzene rings is 3. The minimum absolute atomic E-state index is 0.266. The van der Waals surface area contributed by atoms with E-state index in [1.54, 1.807) is 19.9 Å². The summed E-state index contributed by atoms with van der Waals surface area (Å²) in [7, 11) is 0. The molecule has 1 fully saturated rings. The van der Waals surface area contributed by atoms with Gasteiger partial charge in [-0.15, -0.1) is 0 Å². The Kier molecular flexibility index (Phi) is 7.57.